The number of nitrogens with zero attached hydrogens (tertiary/aromatic N) is 8. The fourth-order valence-corrected chi connectivity index (χ4v) is 3.73. The van der Waals surface area contributed by atoms with Crippen molar-refractivity contribution in [2.24, 2.45) is 20.0 Å². The van der Waals surface area contributed by atoms with Gasteiger partial charge in [0.25, 0.3) is 0 Å². The highest BCUT2D eigenvalue weighted by atomic mass is 16.6. The van der Waals surface area contributed by atoms with E-state index in [0.717, 1.165) is 12.2 Å². The van der Waals surface area contributed by atoms with Gasteiger partial charge in [-0.1, -0.05) is 0 Å². The van der Waals surface area contributed by atoms with Gasteiger partial charge < -0.3 is 0 Å². The van der Waals surface area contributed by atoms with E-state index in [2.05, 4.69) is 20.0 Å². The molecule has 0 N–H and O–H groups in total. The number of aliphatic imine (C=N–C) groups is 4. The minimum absolute atomic E-state index is 0.1000. The molecule has 5 rings (SSSR count). The first kappa shape index (κ1) is 22.0. The standard InChI is InChI=1S/C20H8N8O8/c29-25(30)15-8-13-6-11-2-1-9(21-11)5-10-3-4-12(22-10)7-14-18(26(31)32)20(28(35)36)17(24-14)19(27(33)34)16(15)23-13/h1-8H. The monoisotopic (exact) mass is 488 g/mol. The maximum atomic E-state index is 12.1. The Morgan fingerprint density at radius 3 is 1.64 bits per heavy atom. The van der Waals surface area contributed by atoms with Crippen molar-refractivity contribution in [3.05, 3.63) is 135 Å². The lowest BCUT2D eigenvalue weighted by Crippen LogP contribution is -2.20. The molecule has 5 heterocycles. The molecule has 0 radical (unpaired) electrons. The molecule has 0 aromatic carbocycles. The van der Waals surface area contributed by atoms with Crippen molar-refractivity contribution < 1.29 is 19.7 Å². The van der Waals surface area contributed by atoms with Gasteiger partial charge in [0.1, 0.15) is 0 Å². The highest BCUT2D eigenvalue weighted by molar-refractivity contribution is 6.17. The highest BCUT2D eigenvalue weighted by Gasteiger charge is 2.50. The maximum Gasteiger partial charge on any atom is 0.380 e. The molecule has 176 valence electrons. The normalized spacial score (nSPS) is 19.8. The number of allylic oxidation sites excluding steroid dienone is 8. The summed E-state index contributed by atoms with van der Waals surface area (Å²) < 4.78 is 0. The van der Waals surface area contributed by atoms with Crippen LogP contribution >= 0.6 is 0 Å². The number of fused-ring (bicyclic) bond motifs is 4. The molecule has 0 aliphatic carbocycles. The SMILES string of the molecule is O=[N+]([O-])C1=CC2=CC3=NC(=CC4=NC(=CC5=NC(=C([N+](=O)[O-])C1=N2)C([N+](=O)[O-])=C5[N+](=O)[O-])C=C4)C=C3. The quantitative estimate of drug-likeness (QED) is 0.419. The van der Waals surface area contributed by atoms with Crippen LogP contribution in [0.25, 0.3) is 0 Å². The van der Waals surface area contributed by atoms with Gasteiger partial charge in [0.05, 0.1) is 48.2 Å². The fourth-order valence-electron chi connectivity index (χ4n) is 3.73. The smallest absolute Gasteiger partial charge is 0.258 e. The summed E-state index contributed by atoms with van der Waals surface area (Å²) in [7, 11) is 0. The zero-order valence-corrected chi connectivity index (χ0v) is 17.5. The number of hydrogen-bond donors (Lipinski definition) is 0. The molecule has 0 aromatic rings. The van der Waals surface area contributed by atoms with Crippen molar-refractivity contribution in [3.8, 4) is 0 Å². The topological polar surface area (TPSA) is 222 Å². The van der Waals surface area contributed by atoms with Gasteiger partial charge in [-0.2, -0.15) is 0 Å². The first-order valence-electron chi connectivity index (χ1n) is 9.77. The van der Waals surface area contributed by atoms with Crippen LogP contribution in [0.15, 0.2) is 114 Å². The Bertz CT molecular complexity index is 1620. The third kappa shape index (κ3) is 3.59. The van der Waals surface area contributed by atoms with Crippen LogP contribution in [0.4, 0.5) is 0 Å². The molecule has 0 aromatic heterocycles. The summed E-state index contributed by atoms with van der Waals surface area (Å²) in [5, 5.41) is 47.4. The van der Waals surface area contributed by atoms with E-state index in [-0.39, 0.29) is 11.4 Å². The van der Waals surface area contributed by atoms with Crippen LogP contribution < -0.4 is 0 Å². The Balaban J connectivity index is 1.88. The van der Waals surface area contributed by atoms with Crippen LogP contribution in [0.2, 0.25) is 0 Å². The molecule has 36 heavy (non-hydrogen) atoms. The average Bonchev–Trinajstić information content (AvgIpc) is 3.56. The van der Waals surface area contributed by atoms with Gasteiger partial charge in [0.15, 0.2) is 5.71 Å². The highest BCUT2D eigenvalue weighted by Crippen LogP contribution is 2.34. The Morgan fingerprint density at radius 1 is 0.528 bits per heavy atom. The van der Waals surface area contributed by atoms with Crippen molar-refractivity contribution in [2.45, 2.75) is 0 Å². The second-order valence-electron chi connectivity index (χ2n) is 7.36. The molecule has 0 fully saturated rings. The third-order valence-corrected chi connectivity index (χ3v) is 5.13. The summed E-state index contributed by atoms with van der Waals surface area (Å²) in [6.07, 6.45) is 11.1. The predicted molar refractivity (Wildman–Crippen MR) is 122 cm³/mol. The summed E-state index contributed by atoms with van der Waals surface area (Å²) in [6, 6.07) is 0. The largest absolute Gasteiger partial charge is 0.380 e. The van der Waals surface area contributed by atoms with Gasteiger partial charge in [-0.3, -0.25) is 40.5 Å². The average molecular weight is 488 g/mol. The lowest BCUT2D eigenvalue weighted by atomic mass is 10.1. The van der Waals surface area contributed by atoms with E-state index in [9.17, 15) is 40.5 Å². The predicted octanol–water partition coefficient (Wildman–Crippen LogP) is 2.00. The Labute approximate surface area is 197 Å². The zero-order valence-electron chi connectivity index (χ0n) is 17.5. The van der Waals surface area contributed by atoms with E-state index in [1.54, 1.807) is 24.3 Å². The lowest BCUT2D eigenvalue weighted by Gasteiger charge is -2.00. The molecule has 0 saturated heterocycles. The van der Waals surface area contributed by atoms with Crippen LogP contribution in [0.1, 0.15) is 0 Å². The summed E-state index contributed by atoms with van der Waals surface area (Å²) in [5.41, 5.74) is -5.78. The van der Waals surface area contributed by atoms with Crippen LogP contribution in [-0.4, -0.2) is 42.5 Å². The third-order valence-electron chi connectivity index (χ3n) is 5.13. The van der Waals surface area contributed by atoms with E-state index >= 15 is 0 Å². The van der Waals surface area contributed by atoms with Crippen molar-refractivity contribution in [3.63, 3.8) is 0 Å². The van der Waals surface area contributed by atoms with Gasteiger partial charge >= 0.3 is 22.8 Å². The summed E-state index contributed by atoms with van der Waals surface area (Å²) in [4.78, 5) is 59.3. The molecule has 0 amide bonds. The van der Waals surface area contributed by atoms with Gasteiger partial charge in [-0.05, 0) is 42.5 Å². The minimum atomic E-state index is -1.30. The molecular weight excluding hydrogens is 480 g/mol. The second-order valence-corrected chi connectivity index (χ2v) is 7.36. The van der Waals surface area contributed by atoms with E-state index in [0.29, 0.717) is 17.1 Å². The molecule has 16 nitrogen and oxygen atoms in total. The Kier molecular flexibility index (Phi) is 4.83. The molecule has 0 saturated carbocycles. The molecule has 0 atom stereocenters. The molecule has 5 aliphatic rings. The van der Waals surface area contributed by atoms with Crippen molar-refractivity contribution in [1.29, 1.82) is 0 Å². The molecule has 0 spiro atoms. The van der Waals surface area contributed by atoms with Crippen LogP contribution in [0, 0.1) is 40.5 Å². The molecule has 8 bridgehead atoms. The first-order valence-corrected chi connectivity index (χ1v) is 9.77. The van der Waals surface area contributed by atoms with E-state index in [4.69, 9.17) is 0 Å². The van der Waals surface area contributed by atoms with Crippen LogP contribution in [0.3, 0.4) is 0 Å². The van der Waals surface area contributed by atoms with E-state index in [1.807, 2.05) is 0 Å². The zero-order chi connectivity index (χ0) is 25.7. The number of nitro groups is 4. The summed E-state index contributed by atoms with van der Waals surface area (Å²) in [6.45, 7) is 0. The van der Waals surface area contributed by atoms with E-state index < -0.39 is 59.6 Å². The van der Waals surface area contributed by atoms with Gasteiger partial charge in [0.2, 0.25) is 11.4 Å². The van der Waals surface area contributed by atoms with Gasteiger partial charge in [-0.15, -0.1) is 0 Å². The van der Waals surface area contributed by atoms with E-state index in [1.165, 1.54) is 12.2 Å². The van der Waals surface area contributed by atoms with Crippen LogP contribution in [-0.2, 0) is 0 Å². The van der Waals surface area contributed by atoms with Crippen LogP contribution in [0.5, 0.6) is 0 Å². The molecule has 0 unspecified atom stereocenters. The second kappa shape index (κ2) is 7.90. The van der Waals surface area contributed by atoms with Crippen molar-refractivity contribution in [2.75, 3.05) is 0 Å². The minimum Gasteiger partial charge on any atom is -0.258 e. The van der Waals surface area contributed by atoms with Gasteiger partial charge in [-0.25, -0.2) is 20.0 Å². The van der Waals surface area contributed by atoms with Crippen molar-refractivity contribution >= 4 is 22.8 Å². The number of rotatable bonds is 4. The van der Waals surface area contributed by atoms with Crippen molar-refractivity contribution in [1.82, 2.24) is 0 Å². The Morgan fingerprint density at radius 2 is 1.08 bits per heavy atom. The fraction of sp³-hybridized carbons (Fsp3) is 0. The molecular formula is C20H8N8O8. The molecule has 5 aliphatic heterocycles. The Hall–Kier alpha value is -5.80. The van der Waals surface area contributed by atoms with Gasteiger partial charge in [0, 0.05) is 6.08 Å². The maximum absolute atomic E-state index is 12.1. The summed E-state index contributed by atoms with van der Waals surface area (Å²) >= 11 is 0. The molecule has 16 heteroatoms. The number of hydrogen-bond acceptors (Lipinski definition) is 12. The first-order chi connectivity index (χ1) is 17.1. The lowest BCUT2D eigenvalue weighted by molar-refractivity contribution is -0.463. The summed E-state index contributed by atoms with van der Waals surface area (Å²) in [5.74, 6) is 0.